The van der Waals surface area contributed by atoms with Gasteiger partial charge in [0.05, 0.1) is 18.0 Å². The van der Waals surface area contributed by atoms with Crippen molar-refractivity contribution < 1.29 is 27.1 Å². The molecule has 0 saturated carbocycles. The molecule has 2 aromatic carbocycles. The molecule has 1 aliphatic heterocycles. The monoisotopic (exact) mass is 491 g/mol. The molecule has 0 radical (unpaired) electrons. The van der Waals surface area contributed by atoms with Crippen molar-refractivity contribution in [1.29, 1.82) is 0 Å². The van der Waals surface area contributed by atoms with Gasteiger partial charge in [0.1, 0.15) is 12.0 Å². The third kappa shape index (κ3) is 6.19. The van der Waals surface area contributed by atoms with Gasteiger partial charge in [-0.25, -0.2) is 12.8 Å². The van der Waals surface area contributed by atoms with Gasteiger partial charge in [-0.1, -0.05) is 29.8 Å². The largest absolute Gasteiger partial charge is 0.360 e. The summed E-state index contributed by atoms with van der Waals surface area (Å²) in [4.78, 5) is 24.6. The van der Waals surface area contributed by atoms with E-state index in [0.717, 1.165) is 11.1 Å². The minimum absolute atomic E-state index is 0.159. The summed E-state index contributed by atoms with van der Waals surface area (Å²) < 4.78 is 46.8. The van der Waals surface area contributed by atoms with Gasteiger partial charge in [0.2, 0.25) is 10.0 Å². The Kier molecular flexibility index (Phi) is 8.40. The lowest BCUT2D eigenvalue weighted by molar-refractivity contribution is -0.140. The number of nitrogens with one attached hydrogen (secondary N) is 2. The predicted molar refractivity (Wildman–Crippen MR) is 125 cm³/mol. The van der Waals surface area contributed by atoms with Gasteiger partial charge in [-0.05, 0) is 62.4 Å². The first-order valence-corrected chi connectivity index (χ1v) is 12.6. The molecule has 2 N–H and O–H groups in total. The maximum absolute atomic E-state index is 13.5. The number of aryl methyl sites for hydroxylation is 3. The molecule has 0 aromatic heterocycles. The number of rotatable bonds is 7. The number of carbonyl (C=O) groups is 2. The van der Waals surface area contributed by atoms with Crippen molar-refractivity contribution in [3.05, 3.63) is 64.5 Å². The van der Waals surface area contributed by atoms with Gasteiger partial charge in [0.15, 0.2) is 0 Å². The number of ether oxygens (including phenoxy) is 1. The minimum atomic E-state index is -3.88. The molecule has 10 heteroatoms. The smallest absolute Gasteiger partial charge is 0.309 e. The van der Waals surface area contributed by atoms with E-state index in [0.29, 0.717) is 30.6 Å². The van der Waals surface area contributed by atoms with Gasteiger partial charge in [-0.2, -0.15) is 4.31 Å². The fraction of sp³-hybridized carbons (Fsp3) is 0.417. The number of halogens is 1. The number of sulfonamides is 1. The first-order valence-electron chi connectivity index (χ1n) is 11.1. The molecule has 1 heterocycles. The summed E-state index contributed by atoms with van der Waals surface area (Å²) in [5.41, 5.74) is 3.08. The standard InChI is InChI=1S/C24H30FN3O5S/c1-16-13-17(2)22(18(3)14-16)34(31,32)28-11-4-12-33-21(28)15-27-24(30)23(29)26-10-9-19-5-7-20(25)8-6-19/h5-8,13-14,21H,4,9-12,15H2,1-3H3,(H,26,29)(H,27,30). The molecule has 1 fully saturated rings. The van der Waals surface area contributed by atoms with Crippen LogP contribution in [0.4, 0.5) is 4.39 Å². The highest BCUT2D eigenvalue weighted by Gasteiger charge is 2.36. The van der Waals surface area contributed by atoms with Crippen LogP contribution in [0.25, 0.3) is 0 Å². The van der Waals surface area contributed by atoms with Gasteiger partial charge in [0, 0.05) is 13.1 Å². The van der Waals surface area contributed by atoms with Crippen molar-refractivity contribution >= 4 is 21.8 Å². The number of amides is 2. The Balaban J connectivity index is 1.60. The van der Waals surface area contributed by atoms with E-state index >= 15 is 0 Å². The Labute approximate surface area is 199 Å². The number of hydrogen-bond acceptors (Lipinski definition) is 5. The van der Waals surface area contributed by atoms with E-state index in [1.165, 1.54) is 16.4 Å². The third-order valence-electron chi connectivity index (χ3n) is 5.58. The predicted octanol–water partition coefficient (Wildman–Crippen LogP) is 1.96. The third-order valence-corrected chi connectivity index (χ3v) is 7.78. The maximum Gasteiger partial charge on any atom is 0.309 e. The molecule has 0 bridgehead atoms. The maximum atomic E-state index is 13.5. The Morgan fingerprint density at radius 3 is 2.32 bits per heavy atom. The van der Waals surface area contributed by atoms with Crippen LogP contribution in [0.3, 0.4) is 0 Å². The van der Waals surface area contributed by atoms with Crippen LogP contribution in [0.5, 0.6) is 0 Å². The zero-order valence-corrected chi connectivity index (χ0v) is 20.4. The lowest BCUT2D eigenvalue weighted by atomic mass is 10.1. The zero-order valence-electron chi connectivity index (χ0n) is 19.6. The molecule has 3 rings (SSSR count). The molecule has 1 atom stereocenters. The summed E-state index contributed by atoms with van der Waals surface area (Å²) in [5.74, 6) is -2.06. The van der Waals surface area contributed by atoms with E-state index in [4.69, 9.17) is 4.74 Å². The van der Waals surface area contributed by atoms with Crippen molar-refractivity contribution in [1.82, 2.24) is 14.9 Å². The van der Waals surface area contributed by atoms with Crippen molar-refractivity contribution in [2.24, 2.45) is 0 Å². The summed E-state index contributed by atoms with van der Waals surface area (Å²) in [5, 5.41) is 4.97. The Hall–Kier alpha value is -2.82. The number of carbonyl (C=O) groups excluding carboxylic acids is 2. The van der Waals surface area contributed by atoms with E-state index in [1.807, 2.05) is 19.1 Å². The second-order valence-corrected chi connectivity index (χ2v) is 10.2. The van der Waals surface area contributed by atoms with Crippen LogP contribution in [0.2, 0.25) is 0 Å². The Morgan fingerprint density at radius 1 is 1.06 bits per heavy atom. The van der Waals surface area contributed by atoms with Crippen LogP contribution in [-0.2, 0) is 30.8 Å². The molecule has 8 nitrogen and oxygen atoms in total. The van der Waals surface area contributed by atoms with Crippen molar-refractivity contribution in [2.45, 2.75) is 44.7 Å². The van der Waals surface area contributed by atoms with E-state index in [2.05, 4.69) is 10.6 Å². The van der Waals surface area contributed by atoms with Gasteiger partial charge in [0.25, 0.3) is 0 Å². The summed E-state index contributed by atoms with van der Waals surface area (Å²) in [6.07, 6.45) is 0.0407. The zero-order chi connectivity index (χ0) is 24.9. The second-order valence-electron chi connectivity index (χ2n) is 8.36. The van der Waals surface area contributed by atoms with Crippen LogP contribution >= 0.6 is 0 Å². The topological polar surface area (TPSA) is 105 Å². The summed E-state index contributed by atoms with van der Waals surface area (Å²) in [6, 6.07) is 9.50. The van der Waals surface area contributed by atoms with Crippen molar-refractivity contribution in [3.8, 4) is 0 Å². The second kappa shape index (κ2) is 11.1. The minimum Gasteiger partial charge on any atom is -0.360 e. The average molecular weight is 492 g/mol. The lowest BCUT2D eigenvalue weighted by Crippen LogP contribution is -2.53. The highest BCUT2D eigenvalue weighted by atomic mass is 32.2. The van der Waals surface area contributed by atoms with E-state index in [9.17, 15) is 22.4 Å². The van der Waals surface area contributed by atoms with Crippen molar-refractivity contribution in [2.75, 3.05) is 26.2 Å². The van der Waals surface area contributed by atoms with Crippen LogP contribution in [0.1, 0.15) is 28.7 Å². The average Bonchev–Trinajstić information content (AvgIpc) is 2.78. The Morgan fingerprint density at radius 2 is 1.68 bits per heavy atom. The highest BCUT2D eigenvalue weighted by molar-refractivity contribution is 7.89. The summed E-state index contributed by atoms with van der Waals surface area (Å²) in [6.45, 7) is 6.05. The molecule has 1 aliphatic rings. The molecular weight excluding hydrogens is 461 g/mol. The van der Waals surface area contributed by atoms with Crippen LogP contribution in [0, 0.1) is 26.6 Å². The number of benzene rings is 2. The van der Waals surface area contributed by atoms with E-state index in [1.54, 1.807) is 26.0 Å². The van der Waals surface area contributed by atoms with Gasteiger partial charge in [-0.15, -0.1) is 0 Å². The van der Waals surface area contributed by atoms with Crippen LogP contribution in [0.15, 0.2) is 41.3 Å². The fourth-order valence-electron chi connectivity index (χ4n) is 4.11. The van der Waals surface area contributed by atoms with E-state index < -0.39 is 28.1 Å². The molecule has 0 spiro atoms. The first kappa shape index (κ1) is 25.8. The van der Waals surface area contributed by atoms with Gasteiger partial charge < -0.3 is 15.4 Å². The van der Waals surface area contributed by atoms with Crippen LogP contribution < -0.4 is 10.6 Å². The van der Waals surface area contributed by atoms with Crippen LogP contribution in [-0.4, -0.2) is 57.0 Å². The van der Waals surface area contributed by atoms with Gasteiger partial charge >= 0.3 is 11.8 Å². The normalized spacial score (nSPS) is 16.8. The molecular formula is C24H30FN3O5S. The number of hydrogen-bond donors (Lipinski definition) is 2. The van der Waals surface area contributed by atoms with E-state index in [-0.39, 0.29) is 30.3 Å². The molecule has 0 aliphatic carbocycles. The fourth-order valence-corrected chi connectivity index (χ4v) is 6.09. The summed E-state index contributed by atoms with van der Waals surface area (Å²) >= 11 is 0. The molecule has 2 aromatic rings. The molecule has 2 amide bonds. The Bertz CT molecular complexity index is 1130. The van der Waals surface area contributed by atoms with Crippen molar-refractivity contribution in [3.63, 3.8) is 0 Å². The SMILES string of the molecule is Cc1cc(C)c(S(=O)(=O)N2CCCOC2CNC(=O)C(=O)NCCc2ccc(F)cc2)c(C)c1. The quantitative estimate of drug-likeness (QED) is 0.577. The molecule has 184 valence electrons. The highest BCUT2D eigenvalue weighted by Crippen LogP contribution is 2.28. The molecule has 1 unspecified atom stereocenters. The lowest BCUT2D eigenvalue weighted by Gasteiger charge is -2.35. The molecule has 1 saturated heterocycles. The number of nitrogens with zero attached hydrogens (tertiary/aromatic N) is 1. The van der Waals surface area contributed by atoms with Gasteiger partial charge in [-0.3, -0.25) is 9.59 Å². The first-order chi connectivity index (χ1) is 16.1. The summed E-state index contributed by atoms with van der Waals surface area (Å²) in [7, 11) is -3.88. The molecule has 34 heavy (non-hydrogen) atoms.